The molecule has 9 heteroatoms. The average Bonchev–Trinajstić information content (AvgIpc) is 2.71. The second kappa shape index (κ2) is 9.28. The lowest BCUT2D eigenvalue weighted by Crippen LogP contribution is -2.41. The molecule has 0 saturated heterocycles. The molecule has 1 N–H and O–H groups in total. The zero-order chi connectivity index (χ0) is 17.8. The SMILES string of the molecule is CCNC(=NCC(C)(C)S(C)(=O)=O)N(C)Cc1cc(Cl)cn1C.I. The van der Waals surface area contributed by atoms with Crippen LogP contribution in [0.4, 0.5) is 0 Å². The van der Waals surface area contributed by atoms with Crippen LogP contribution in [-0.2, 0) is 23.4 Å². The first-order chi connectivity index (χ1) is 10.5. The van der Waals surface area contributed by atoms with E-state index < -0.39 is 14.6 Å². The first-order valence-corrected chi connectivity index (χ1v) is 9.74. The number of guanidine groups is 1. The Morgan fingerprint density at radius 1 is 1.46 bits per heavy atom. The summed E-state index contributed by atoms with van der Waals surface area (Å²) in [6, 6.07) is 1.90. The van der Waals surface area contributed by atoms with E-state index in [-0.39, 0.29) is 30.5 Å². The molecule has 0 aliphatic heterocycles. The Bertz CT molecular complexity index is 671. The van der Waals surface area contributed by atoms with Crippen molar-refractivity contribution in [2.24, 2.45) is 12.0 Å². The highest BCUT2D eigenvalue weighted by Gasteiger charge is 2.30. The minimum Gasteiger partial charge on any atom is -0.357 e. The Morgan fingerprint density at radius 2 is 2.04 bits per heavy atom. The molecule has 0 aromatic carbocycles. The third-order valence-corrected chi connectivity index (χ3v) is 6.13. The number of hydrogen-bond acceptors (Lipinski definition) is 3. The number of aryl methyl sites for hydroxylation is 1. The van der Waals surface area contributed by atoms with Crippen LogP contribution in [-0.4, -0.2) is 55.0 Å². The van der Waals surface area contributed by atoms with E-state index in [1.54, 1.807) is 13.8 Å². The van der Waals surface area contributed by atoms with Crippen molar-refractivity contribution in [2.75, 3.05) is 26.4 Å². The number of halogens is 2. The molecule has 0 amide bonds. The summed E-state index contributed by atoms with van der Waals surface area (Å²) in [4.78, 5) is 6.45. The van der Waals surface area contributed by atoms with Crippen molar-refractivity contribution >= 4 is 51.4 Å². The third-order valence-electron chi connectivity index (χ3n) is 3.78. The summed E-state index contributed by atoms with van der Waals surface area (Å²) in [5.74, 6) is 0.668. The summed E-state index contributed by atoms with van der Waals surface area (Å²) in [5.41, 5.74) is 1.05. The van der Waals surface area contributed by atoms with Gasteiger partial charge in [-0.3, -0.25) is 4.99 Å². The molecule has 0 aliphatic carbocycles. The van der Waals surface area contributed by atoms with E-state index in [0.29, 0.717) is 24.1 Å². The second-order valence-electron chi connectivity index (χ2n) is 6.32. The zero-order valence-corrected chi connectivity index (χ0v) is 19.0. The minimum absolute atomic E-state index is 0. The molecular weight excluding hydrogens is 463 g/mol. The molecule has 6 nitrogen and oxygen atoms in total. The number of aliphatic imine (C=N–C) groups is 1. The molecule has 0 fully saturated rings. The maximum absolute atomic E-state index is 11.8. The lowest BCUT2D eigenvalue weighted by atomic mass is 10.2. The third kappa shape index (κ3) is 6.44. The quantitative estimate of drug-likeness (QED) is 0.378. The van der Waals surface area contributed by atoms with Gasteiger partial charge < -0.3 is 14.8 Å². The summed E-state index contributed by atoms with van der Waals surface area (Å²) in [5, 5.41) is 3.88. The fraction of sp³-hybridized carbons (Fsp3) is 0.667. The Hall–Kier alpha value is -0.480. The Balaban J connectivity index is 0.00000529. The van der Waals surface area contributed by atoms with Gasteiger partial charge in [0.1, 0.15) is 0 Å². The summed E-state index contributed by atoms with van der Waals surface area (Å²) in [7, 11) is 0.673. The van der Waals surface area contributed by atoms with Gasteiger partial charge in [-0.15, -0.1) is 24.0 Å². The molecule has 0 atom stereocenters. The van der Waals surface area contributed by atoms with Gasteiger partial charge in [0.2, 0.25) is 0 Å². The van der Waals surface area contributed by atoms with Gasteiger partial charge >= 0.3 is 0 Å². The average molecular weight is 491 g/mol. The van der Waals surface area contributed by atoms with E-state index in [9.17, 15) is 8.42 Å². The summed E-state index contributed by atoms with van der Waals surface area (Å²) in [6.45, 7) is 6.88. The molecule has 1 aromatic heterocycles. The monoisotopic (exact) mass is 490 g/mol. The van der Waals surface area contributed by atoms with Crippen molar-refractivity contribution in [3.63, 3.8) is 0 Å². The van der Waals surface area contributed by atoms with Crippen molar-refractivity contribution < 1.29 is 8.42 Å². The standard InChI is InChI=1S/C15H27ClN4O2S.HI/c1-7-17-14(18-11-15(2,3)23(6,21)22)20(5)10-13-8-12(16)9-19(13)4;/h8-9H,7,10-11H2,1-6H3,(H,17,18);1H. The van der Waals surface area contributed by atoms with Gasteiger partial charge in [0.25, 0.3) is 0 Å². The van der Waals surface area contributed by atoms with Gasteiger partial charge in [0.05, 0.1) is 22.9 Å². The normalized spacial score (nSPS) is 12.7. The maximum atomic E-state index is 11.8. The van der Waals surface area contributed by atoms with Crippen molar-refractivity contribution in [3.8, 4) is 0 Å². The first-order valence-electron chi connectivity index (χ1n) is 7.47. The molecule has 1 aromatic rings. The van der Waals surface area contributed by atoms with Crippen LogP contribution in [0.15, 0.2) is 17.3 Å². The predicted octanol–water partition coefficient (Wildman–Crippen LogP) is 2.52. The van der Waals surface area contributed by atoms with Gasteiger partial charge in [-0.05, 0) is 26.8 Å². The molecular formula is C15H28ClIN4O2S. The summed E-state index contributed by atoms with van der Waals surface area (Å²) in [6.07, 6.45) is 3.09. The van der Waals surface area contributed by atoms with Gasteiger partial charge in [-0.1, -0.05) is 11.6 Å². The number of rotatable bonds is 6. The van der Waals surface area contributed by atoms with Gasteiger partial charge in [0, 0.05) is 38.8 Å². The summed E-state index contributed by atoms with van der Waals surface area (Å²) < 4.78 is 24.7. The molecule has 1 heterocycles. The number of nitrogens with one attached hydrogen (secondary N) is 1. The van der Waals surface area contributed by atoms with Gasteiger partial charge in [0.15, 0.2) is 15.8 Å². The van der Waals surface area contributed by atoms with Crippen LogP contribution in [0, 0.1) is 0 Å². The molecule has 1 rings (SSSR count). The van der Waals surface area contributed by atoms with E-state index in [4.69, 9.17) is 11.6 Å². The van der Waals surface area contributed by atoms with Crippen LogP contribution in [0.2, 0.25) is 5.02 Å². The fourth-order valence-electron chi connectivity index (χ4n) is 1.89. The van der Waals surface area contributed by atoms with Gasteiger partial charge in [-0.2, -0.15) is 0 Å². The Morgan fingerprint density at radius 3 is 2.46 bits per heavy atom. The molecule has 0 spiro atoms. The lowest BCUT2D eigenvalue weighted by molar-refractivity contribution is 0.459. The van der Waals surface area contributed by atoms with Crippen LogP contribution in [0.3, 0.4) is 0 Å². The largest absolute Gasteiger partial charge is 0.357 e. The highest BCUT2D eigenvalue weighted by Crippen LogP contribution is 2.16. The van der Waals surface area contributed by atoms with Crippen molar-refractivity contribution in [1.29, 1.82) is 0 Å². The Labute approximate surface area is 167 Å². The van der Waals surface area contributed by atoms with E-state index >= 15 is 0 Å². The topological polar surface area (TPSA) is 66.7 Å². The fourth-order valence-corrected chi connectivity index (χ4v) is 2.46. The lowest BCUT2D eigenvalue weighted by Gasteiger charge is -2.25. The molecule has 140 valence electrons. The summed E-state index contributed by atoms with van der Waals surface area (Å²) >= 11 is 6.01. The molecule has 24 heavy (non-hydrogen) atoms. The Kier molecular flexibility index (Phi) is 9.10. The molecule has 0 unspecified atom stereocenters. The van der Waals surface area contributed by atoms with Crippen molar-refractivity contribution in [3.05, 3.63) is 23.0 Å². The van der Waals surface area contributed by atoms with E-state index in [2.05, 4.69) is 10.3 Å². The van der Waals surface area contributed by atoms with E-state index in [1.165, 1.54) is 6.26 Å². The second-order valence-corrected chi connectivity index (χ2v) is 9.40. The smallest absolute Gasteiger partial charge is 0.194 e. The van der Waals surface area contributed by atoms with Crippen LogP contribution < -0.4 is 5.32 Å². The highest BCUT2D eigenvalue weighted by atomic mass is 127. The van der Waals surface area contributed by atoms with Crippen LogP contribution in [0.5, 0.6) is 0 Å². The molecule has 0 radical (unpaired) electrons. The number of aromatic nitrogens is 1. The maximum Gasteiger partial charge on any atom is 0.194 e. The van der Waals surface area contributed by atoms with Crippen molar-refractivity contribution in [2.45, 2.75) is 32.1 Å². The molecule has 0 bridgehead atoms. The molecule has 0 aliphatic rings. The predicted molar refractivity (Wildman–Crippen MR) is 112 cm³/mol. The van der Waals surface area contributed by atoms with E-state index in [0.717, 1.165) is 5.69 Å². The molecule has 0 saturated carbocycles. The first kappa shape index (κ1) is 23.5. The number of hydrogen-bond donors (Lipinski definition) is 1. The number of nitrogens with zero attached hydrogens (tertiary/aromatic N) is 3. The zero-order valence-electron chi connectivity index (χ0n) is 15.1. The van der Waals surface area contributed by atoms with E-state index in [1.807, 2.05) is 42.7 Å². The van der Waals surface area contributed by atoms with Crippen LogP contribution >= 0.6 is 35.6 Å². The van der Waals surface area contributed by atoms with Crippen LogP contribution in [0.1, 0.15) is 26.5 Å². The van der Waals surface area contributed by atoms with Crippen molar-refractivity contribution in [1.82, 2.24) is 14.8 Å². The van der Waals surface area contributed by atoms with Crippen LogP contribution in [0.25, 0.3) is 0 Å². The highest BCUT2D eigenvalue weighted by molar-refractivity contribution is 14.0. The minimum atomic E-state index is -3.18. The van der Waals surface area contributed by atoms with Gasteiger partial charge in [-0.25, -0.2) is 8.42 Å². The number of sulfone groups is 1.